The fourth-order valence-corrected chi connectivity index (χ4v) is 0.960. The van der Waals surface area contributed by atoms with Gasteiger partial charge in [0, 0.05) is 13.2 Å². The molecule has 0 fully saturated rings. The minimum absolute atomic E-state index is 0.122. The number of nitrogens with one attached hydrogen (secondary N) is 1. The van der Waals surface area contributed by atoms with E-state index in [0.717, 1.165) is 13.0 Å². The lowest BCUT2D eigenvalue weighted by Crippen LogP contribution is -2.40. The fourth-order valence-electron chi connectivity index (χ4n) is 0.960. The first-order chi connectivity index (χ1) is 7.07. The number of hydrogen-bond donors (Lipinski definition) is 3. The van der Waals surface area contributed by atoms with Gasteiger partial charge in [0.1, 0.15) is 0 Å². The first-order valence-electron chi connectivity index (χ1n) is 5.36. The van der Waals surface area contributed by atoms with Gasteiger partial charge in [-0.3, -0.25) is 0 Å². The molecule has 0 rings (SSSR count). The Bertz CT molecular complexity index is 184. The number of nitrogens with zero attached hydrogens (tertiary/aromatic N) is 1. The molecule has 0 amide bonds. The van der Waals surface area contributed by atoms with Crippen LogP contribution in [-0.4, -0.2) is 36.8 Å². The van der Waals surface area contributed by atoms with Crippen LogP contribution in [0.15, 0.2) is 5.16 Å². The summed E-state index contributed by atoms with van der Waals surface area (Å²) in [5, 5.41) is 14.4. The number of nitrogens with two attached hydrogens (primary N) is 1. The van der Waals surface area contributed by atoms with Crippen LogP contribution in [0.2, 0.25) is 0 Å². The molecule has 4 N–H and O–H groups in total. The number of rotatable bonds is 8. The highest BCUT2D eigenvalue weighted by Crippen LogP contribution is 1.98. The standard InChI is InChI=1S/C10H23N3O2/c1-8(2)4-6-15-7-5-12-9(3)10(11)13-14/h8-9,12,14H,4-7H2,1-3H3,(H2,11,13). The Balaban J connectivity index is 3.31. The largest absolute Gasteiger partial charge is 0.409 e. The molecular weight excluding hydrogens is 194 g/mol. The van der Waals surface area contributed by atoms with Crippen molar-refractivity contribution in [1.29, 1.82) is 0 Å². The van der Waals surface area contributed by atoms with Crippen LogP contribution in [-0.2, 0) is 4.74 Å². The molecule has 15 heavy (non-hydrogen) atoms. The van der Waals surface area contributed by atoms with E-state index in [1.54, 1.807) is 0 Å². The van der Waals surface area contributed by atoms with Gasteiger partial charge in [-0.15, -0.1) is 0 Å². The average Bonchev–Trinajstić information content (AvgIpc) is 2.21. The highest BCUT2D eigenvalue weighted by molar-refractivity contribution is 5.84. The first kappa shape index (κ1) is 14.2. The summed E-state index contributed by atoms with van der Waals surface area (Å²) in [7, 11) is 0. The fraction of sp³-hybridized carbons (Fsp3) is 0.900. The Hall–Kier alpha value is -0.810. The predicted molar refractivity (Wildman–Crippen MR) is 61.1 cm³/mol. The molecule has 5 nitrogen and oxygen atoms in total. The molecule has 0 spiro atoms. The van der Waals surface area contributed by atoms with Crippen molar-refractivity contribution in [1.82, 2.24) is 5.32 Å². The van der Waals surface area contributed by atoms with E-state index < -0.39 is 0 Å². The van der Waals surface area contributed by atoms with Gasteiger partial charge >= 0.3 is 0 Å². The van der Waals surface area contributed by atoms with E-state index in [1.807, 2.05) is 6.92 Å². The van der Waals surface area contributed by atoms with Crippen molar-refractivity contribution in [2.75, 3.05) is 19.8 Å². The zero-order valence-corrected chi connectivity index (χ0v) is 9.86. The normalized spacial score (nSPS) is 14.5. The lowest BCUT2D eigenvalue weighted by molar-refractivity contribution is 0.125. The van der Waals surface area contributed by atoms with E-state index in [0.29, 0.717) is 19.1 Å². The summed E-state index contributed by atoms with van der Waals surface area (Å²) in [5.74, 6) is 0.867. The molecule has 1 atom stereocenters. The molecule has 5 heteroatoms. The zero-order valence-electron chi connectivity index (χ0n) is 9.86. The Morgan fingerprint density at radius 3 is 2.60 bits per heavy atom. The average molecular weight is 217 g/mol. The van der Waals surface area contributed by atoms with Crippen LogP contribution in [0, 0.1) is 5.92 Å². The Labute approximate surface area is 91.7 Å². The van der Waals surface area contributed by atoms with Crippen LogP contribution in [0.3, 0.4) is 0 Å². The number of amidine groups is 1. The third-order valence-electron chi connectivity index (χ3n) is 2.10. The Morgan fingerprint density at radius 2 is 2.07 bits per heavy atom. The molecule has 0 aromatic carbocycles. The van der Waals surface area contributed by atoms with Crippen LogP contribution < -0.4 is 11.1 Å². The summed E-state index contributed by atoms with van der Waals surface area (Å²) in [6.07, 6.45) is 1.08. The topological polar surface area (TPSA) is 79.9 Å². The van der Waals surface area contributed by atoms with Gasteiger partial charge in [-0.1, -0.05) is 19.0 Å². The van der Waals surface area contributed by atoms with Gasteiger partial charge in [0.05, 0.1) is 12.6 Å². The molecule has 0 aliphatic rings. The van der Waals surface area contributed by atoms with Crippen molar-refractivity contribution in [3.05, 3.63) is 0 Å². The summed E-state index contributed by atoms with van der Waals surface area (Å²) in [5.41, 5.74) is 5.39. The van der Waals surface area contributed by atoms with Crippen molar-refractivity contribution in [3.8, 4) is 0 Å². The molecule has 1 unspecified atom stereocenters. The van der Waals surface area contributed by atoms with Gasteiger partial charge in [0.2, 0.25) is 0 Å². The number of ether oxygens (including phenoxy) is 1. The molecule has 90 valence electrons. The van der Waals surface area contributed by atoms with Crippen molar-refractivity contribution in [2.24, 2.45) is 16.8 Å². The maximum absolute atomic E-state index is 8.40. The highest BCUT2D eigenvalue weighted by Gasteiger charge is 2.05. The second-order valence-electron chi connectivity index (χ2n) is 4.00. The third kappa shape index (κ3) is 8.20. The second-order valence-corrected chi connectivity index (χ2v) is 4.00. The van der Waals surface area contributed by atoms with Crippen molar-refractivity contribution in [2.45, 2.75) is 33.2 Å². The van der Waals surface area contributed by atoms with E-state index >= 15 is 0 Å². The lowest BCUT2D eigenvalue weighted by Gasteiger charge is -2.12. The summed E-state index contributed by atoms with van der Waals surface area (Å²) < 4.78 is 5.40. The Kier molecular flexibility index (Phi) is 8.04. The molecule has 0 heterocycles. The molecule has 0 aromatic rings. The van der Waals surface area contributed by atoms with E-state index in [4.69, 9.17) is 15.7 Å². The SMILES string of the molecule is CC(C)CCOCCNC(C)C(N)=NO. The minimum atomic E-state index is -0.122. The van der Waals surface area contributed by atoms with Crippen molar-refractivity contribution < 1.29 is 9.94 Å². The summed E-state index contributed by atoms with van der Waals surface area (Å²) in [6.45, 7) is 8.32. The molecule has 0 aliphatic carbocycles. The summed E-state index contributed by atoms with van der Waals surface area (Å²) >= 11 is 0. The number of oxime groups is 1. The Morgan fingerprint density at radius 1 is 1.40 bits per heavy atom. The van der Waals surface area contributed by atoms with E-state index in [9.17, 15) is 0 Å². The second kappa shape index (κ2) is 8.49. The lowest BCUT2D eigenvalue weighted by atomic mass is 10.1. The highest BCUT2D eigenvalue weighted by atomic mass is 16.5. The van der Waals surface area contributed by atoms with Gasteiger partial charge in [0.25, 0.3) is 0 Å². The molecule has 0 saturated carbocycles. The van der Waals surface area contributed by atoms with Crippen LogP contribution in [0.5, 0.6) is 0 Å². The van der Waals surface area contributed by atoms with Crippen LogP contribution in [0.25, 0.3) is 0 Å². The van der Waals surface area contributed by atoms with Gasteiger partial charge in [-0.25, -0.2) is 0 Å². The quantitative estimate of drug-likeness (QED) is 0.184. The molecule has 0 aromatic heterocycles. The van der Waals surface area contributed by atoms with E-state index in [-0.39, 0.29) is 11.9 Å². The van der Waals surface area contributed by atoms with Crippen LogP contribution in [0.1, 0.15) is 27.2 Å². The molecular formula is C10H23N3O2. The molecule has 0 saturated heterocycles. The third-order valence-corrected chi connectivity index (χ3v) is 2.10. The summed E-state index contributed by atoms with van der Waals surface area (Å²) in [6, 6.07) is -0.122. The maximum Gasteiger partial charge on any atom is 0.156 e. The van der Waals surface area contributed by atoms with Crippen molar-refractivity contribution in [3.63, 3.8) is 0 Å². The number of hydrogen-bond acceptors (Lipinski definition) is 4. The smallest absolute Gasteiger partial charge is 0.156 e. The van der Waals surface area contributed by atoms with Gasteiger partial charge in [-0.05, 0) is 19.3 Å². The summed E-state index contributed by atoms with van der Waals surface area (Å²) in [4.78, 5) is 0. The molecule has 0 aliphatic heterocycles. The van der Waals surface area contributed by atoms with Gasteiger partial charge in [0.15, 0.2) is 5.84 Å². The molecule has 0 radical (unpaired) electrons. The maximum atomic E-state index is 8.40. The van der Waals surface area contributed by atoms with E-state index in [1.165, 1.54) is 0 Å². The van der Waals surface area contributed by atoms with Crippen LogP contribution in [0.4, 0.5) is 0 Å². The first-order valence-corrected chi connectivity index (χ1v) is 5.36. The monoisotopic (exact) mass is 217 g/mol. The van der Waals surface area contributed by atoms with Crippen molar-refractivity contribution >= 4 is 5.84 Å². The van der Waals surface area contributed by atoms with Gasteiger partial charge < -0.3 is 21.0 Å². The predicted octanol–water partition coefficient (Wildman–Crippen LogP) is 0.774. The van der Waals surface area contributed by atoms with E-state index in [2.05, 4.69) is 24.3 Å². The molecule has 0 bridgehead atoms. The zero-order chi connectivity index (χ0) is 11.7. The minimum Gasteiger partial charge on any atom is -0.409 e. The van der Waals surface area contributed by atoms with Gasteiger partial charge in [-0.2, -0.15) is 0 Å². The van der Waals surface area contributed by atoms with Crippen LogP contribution >= 0.6 is 0 Å².